The molecule has 1 aliphatic rings. The molecule has 234 valence electrons. The van der Waals surface area contributed by atoms with Crippen molar-refractivity contribution in [1.29, 1.82) is 0 Å². The van der Waals surface area contributed by atoms with E-state index in [1.165, 1.54) is 6.20 Å². The molecule has 2 aromatic heterocycles. The number of aliphatic hydroxyl groups excluding tert-OH is 2. The van der Waals surface area contributed by atoms with Crippen LogP contribution in [-0.4, -0.2) is 68.8 Å². The van der Waals surface area contributed by atoms with Gasteiger partial charge in [-0.15, -0.1) is 0 Å². The van der Waals surface area contributed by atoms with Gasteiger partial charge in [-0.25, -0.2) is 18.5 Å². The fourth-order valence-electron chi connectivity index (χ4n) is 4.16. The molecule has 21 heteroatoms. The molecule has 0 aliphatic carbocycles. The molecule has 0 bridgehead atoms. The van der Waals surface area contributed by atoms with Crippen LogP contribution in [0, 0.1) is 0 Å². The average molecular weight is 665 g/mol. The minimum absolute atomic E-state index is 0.248. The molecule has 4 rings (SSSR count). The highest BCUT2D eigenvalue weighted by Crippen LogP contribution is 2.66. The number of aliphatic hydroxyl groups is 2. The lowest BCUT2D eigenvalue weighted by Crippen LogP contribution is -2.43. The van der Waals surface area contributed by atoms with Crippen molar-refractivity contribution in [3.63, 3.8) is 0 Å². The van der Waals surface area contributed by atoms with Gasteiger partial charge in [0.05, 0.1) is 18.8 Å². The first-order valence-corrected chi connectivity index (χ1v) is 16.7. The van der Waals surface area contributed by atoms with Gasteiger partial charge in [-0.1, -0.05) is 30.3 Å². The van der Waals surface area contributed by atoms with Crippen LogP contribution >= 0.6 is 23.5 Å². The molecule has 6 N–H and O–H groups in total. The minimum atomic E-state index is -5.79. The Morgan fingerprint density at radius 1 is 0.884 bits per heavy atom. The molecule has 1 saturated heterocycles. The normalized spacial score (nSPS) is 23.5. The van der Waals surface area contributed by atoms with Crippen LogP contribution in [0.5, 0.6) is 0 Å². The number of pyridine rings is 1. The maximum Gasteiger partial charge on any atom is 0.490 e. The van der Waals surface area contributed by atoms with Gasteiger partial charge in [0.25, 0.3) is 5.56 Å². The summed E-state index contributed by atoms with van der Waals surface area (Å²) in [7, 11) is -17.0. The van der Waals surface area contributed by atoms with Gasteiger partial charge in [0.15, 0.2) is 6.23 Å². The van der Waals surface area contributed by atoms with Crippen LogP contribution in [0.2, 0.25) is 0 Å². The van der Waals surface area contributed by atoms with Crippen LogP contribution < -0.4 is 11.2 Å². The standard InChI is InChI=1S/C22H26N3O15P3/c26-18-7-9-24(22(29)25(18)12-16-11-15(6-8-23-16)10-14-4-2-1-3-5-14)21-20(28)19(27)17(38-21)13-37-42(33,34)40-43(35,36)39-41(30,31)32/h1-9,11,17,19-21,27-28H,10,12-13H2,(H,33,34)(H,35,36)(H2,30,31,32)/t17-,19?,20?,21-/m1/s1. The lowest BCUT2D eigenvalue weighted by molar-refractivity contribution is -0.0547. The monoisotopic (exact) mass is 665 g/mol. The summed E-state index contributed by atoms with van der Waals surface area (Å²) in [5.41, 5.74) is 0.637. The lowest BCUT2D eigenvalue weighted by Gasteiger charge is -2.19. The van der Waals surface area contributed by atoms with Crippen LogP contribution in [0.1, 0.15) is 23.0 Å². The zero-order chi connectivity index (χ0) is 31.6. The van der Waals surface area contributed by atoms with Crippen molar-refractivity contribution in [2.45, 2.75) is 37.5 Å². The first-order valence-electron chi connectivity index (χ1n) is 12.1. The Kier molecular flexibility index (Phi) is 10.2. The summed E-state index contributed by atoms with van der Waals surface area (Å²) < 4.78 is 52.9. The summed E-state index contributed by atoms with van der Waals surface area (Å²) in [4.78, 5) is 66.1. The van der Waals surface area contributed by atoms with Crippen molar-refractivity contribution in [2.24, 2.45) is 0 Å². The highest BCUT2D eigenvalue weighted by atomic mass is 31.3. The zero-order valence-corrected chi connectivity index (χ0v) is 24.4. The largest absolute Gasteiger partial charge is 0.490 e. The number of hydrogen-bond acceptors (Lipinski definition) is 12. The number of phosphoric ester groups is 1. The maximum absolute atomic E-state index is 13.3. The Morgan fingerprint density at radius 2 is 1.58 bits per heavy atom. The van der Waals surface area contributed by atoms with Gasteiger partial charge >= 0.3 is 29.2 Å². The summed E-state index contributed by atoms with van der Waals surface area (Å²) in [6.07, 6.45) is -3.82. The number of ether oxygens (including phenoxy) is 1. The van der Waals surface area contributed by atoms with E-state index in [1.54, 1.807) is 12.1 Å². The van der Waals surface area contributed by atoms with E-state index in [4.69, 9.17) is 14.5 Å². The maximum atomic E-state index is 13.3. The van der Waals surface area contributed by atoms with Crippen LogP contribution in [0.15, 0.2) is 70.5 Å². The molecule has 18 nitrogen and oxygen atoms in total. The van der Waals surface area contributed by atoms with Crippen molar-refractivity contribution >= 4 is 23.5 Å². The zero-order valence-electron chi connectivity index (χ0n) is 21.7. The van der Waals surface area contributed by atoms with Crippen molar-refractivity contribution in [2.75, 3.05) is 6.61 Å². The van der Waals surface area contributed by atoms with Gasteiger partial charge in [-0.05, 0) is 29.7 Å². The second-order valence-electron chi connectivity index (χ2n) is 9.18. The van der Waals surface area contributed by atoms with Gasteiger partial charge in [0, 0.05) is 18.5 Å². The molecule has 0 amide bonds. The van der Waals surface area contributed by atoms with E-state index in [0.717, 1.165) is 32.5 Å². The number of hydrogen-bond donors (Lipinski definition) is 6. The average Bonchev–Trinajstić information content (AvgIpc) is 3.17. The Bertz CT molecular complexity index is 1710. The molecular formula is C22H26N3O15P3. The molecule has 1 fully saturated rings. The second kappa shape index (κ2) is 13.1. The Hall–Kier alpha value is -2.66. The molecule has 1 aliphatic heterocycles. The topological polar surface area (TPSA) is 266 Å². The first kappa shape index (κ1) is 33.2. The molecule has 4 unspecified atom stereocenters. The number of nitrogens with zero attached hydrogens (tertiary/aromatic N) is 3. The Labute approximate surface area is 241 Å². The molecule has 3 aromatic rings. The second-order valence-corrected chi connectivity index (χ2v) is 13.6. The smallest absolute Gasteiger partial charge is 0.387 e. The molecule has 43 heavy (non-hydrogen) atoms. The molecule has 0 saturated carbocycles. The first-order chi connectivity index (χ1) is 20.0. The van der Waals surface area contributed by atoms with Crippen molar-refractivity contribution in [3.8, 4) is 0 Å². The minimum Gasteiger partial charge on any atom is -0.387 e. The number of benzene rings is 1. The predicted molar refractivity (Wildman–Crippen MR) is 143 cm³/mol. The summed E-state index contributed by atoms with van der Waals surface area (Å²) in [5, 5.41) is 20.9. The Morgan fingerprint density at radius 3 is 2.26 bits per heavy atom. The van der Waals surface area contributed by atoms with Gasteiger partial charge < -0.3 is 34.5 Å². The lowest BCUT2D eigenvalue weighted by atomic mass is 10.1. The highest BCUT2D eigenvalue weighted by Gasteiger charge is 2.47. The van der Waals surface area contributed by atoms with Gasteiger partial charge in [0.2, 0.25) is 0 Å². The summed E-state index contributed by atoms with van der Waals surface area (Å²) in [5.74, 6) is 0. The SMILES string of the molecule is O=c1ccn([C@@H]2O[C@H](COP(=O)(O)OP(=O)(O)OP(=O)(O)O)C(O)C2O)c(=O)n1Cc1cc(Cc2ccccc2)ccn1. The number of phosphoric acid groups is 3. The number of aromatic nitrogens is 3. The van der Waals surface area contributed by atoms with Crippen LogP contribution in [0.4, 0.5) is 0 Å². The van der Waals surface area contributed by atoms with Crippen LogP contribution in [0.3, 0.4) is 0 Å². The fraction of sp³-hybridized carbons (Fsp3) is 0.318. The van der Waals surface area contributed by atoms with Gasteiger partial charge in [-0.2, -0.15) is 8.62 Å². The summed E-state index contributed by atoms with van der Waals surface area (Å²) in [6.45, 7) is -1.33. The van der Waals surface area contributed by atoms with Crippen molar-refractivity contribution < 1.29 is 61.4 Å². The molecular weight excluding hydrogens is 639 g/mol. The molecule has 0 spiro atoms. The van der Waals surface area contributed by atoms with Crippen molar-refractivity contribution in [3.05, 3.63) is 98.6 Å². The van der Waals surface area contributed by atoms with E-state index < -0.39 is 65.9 Å². The van der Waals surface area contributed by atoms with E-state index in [0.29, 0.717) is 12.1 Å². The van der Waals surface area contributed by atoms with E-state index in [1.807, 2.05) is 30.3 Å². The third kappa shape index (κ3) is 8.94. The highest BCUT2D eigenvalue weighted by molar-refractivity contribution is 7.66. The quantitative estimate of drug-likeness (QED) is 0.139. The van der Waals surface area contributed by atoms with Gasteiger partial charge in [0.1, 0.15) is 18.3 Å². The molecule has 6 atom stereocenters. The van der Waals surface area contributed by atoms with Crippen LogP contribution in [-0.2, 0) is 44.5 Å². The third-order valence-electron chi connectivity index (χ3n) is 5.98. The van der Waals surface area contributed by atoms with E-state index in [-0.39, 0.29) is 6.54 Å². The van der Waals surface area contributed by atoms with E-state index >= 15 is 0 Å². The molecule has 1 aromatic carbocycles. The predicted octanol–water partition coefficient (Wildman–Crippen LogP) is 0.00660. The van der Waals surface area contributed by atoms with E-state index in [9.17, 15) is 43.3 Å². The van der Waals surface area contributed by atoms with E-state index in [2.05, 4.69) is 18.1 Å². The fourth-order valence-corrected chi connectivity index (χ4v) is 7.19. The summed E-state index contributed by atoms with van der Waals surface area (Å²) in [6, 6.07) is 14.1. The molecule has 3 heterocycles. The Balaban J connectivity index is 1.48. The number of rotatable bonds is 12. The summed E-state index contributed by atoms with van der Waals surface area (Å²) >= 11 is 0. The van der Waals surface area contributed by atoms with Gasteiger partial charge in [-0.3, -0.25) is 23.4 Å². The van der Waals surface area contributed by atoms with Crippen molar-refractivity contribution in [1.82, 2.24) is 14.1 Å². The van der Waals surface area contributed by atoms with Crippen LogP contribution in [0.25, 0.3) is 0 Å². The third-order valence-corrected chi connectivity index (χ3v) is 9.78. The molecule has 0 radical (unpaired) electrons.